The van der Waals surface area contributed by atoms with Gasteiger partial charge in [0.2, 0.25) is 0 Å². The summed E-state index contributed by atoms with van der Waals surface area (Å²) in [7, 11) is 0. The van der Waals surface area contributed by atoms with Gasteiger partial charge in [-0.25, -0.2) is 4.99 Å². The van der Waals surface area contributed by atoms with E-state index in [1.165, 1.54) is 0 Å². The van der Waals surface area contributed by atoms with Gasteiger partial charge in [0.15, 0.2) is 0 Å². The van der Waals surface area contributed by atoms with E-state index in [9.17, 15) is 0 Å². The second-order valence-electron chi connectivity index (χ2n) is 0.532. The maximum Gasteiger partial charge on any atom is 0.0874 e. The van der Waals surface area contributed by atoms with Crippen molar-refractivity contribution in [3.63, 3.8) is 0 Å². The van der Waals surface area contributed by atoms with Crippen molar-refractivity contribution in [2.45, 2.75) is 0 Å². The van der Waals surface area contributed by atoms with Crippen molar-refractivity contribution >= 4 is 0 Å². The smallest absolute Gasteiger partial charge is 0.0874 e. The van der Waals surface area contributed by atoms with Crippen LogP contribution in [0.4, 0.5) is 0 Å². The molecule has 0 rings (SSSR count). The molecule has 8 nitrogen and oxygen atoms in total. The Morgan fingerprint density at radius 1 is 1.25 bits per heavy atom. The summed E-state index contributed by atoms with van der Waals surface area (Å²) in [6.45, 7) is 0. The molecule has 0 aromatic carbocycles. The number of hydrogen-bond donors (Lipinski definition) is 2. The van der Waals surface area contributed by atoms with Crippen LogP contribution in [0.15, 0.2) is 26.2 Å². The number of hydrogen-bond acceptors (Lipinski definition) is 4. The first-order valence-corrected chi connectivity index (χ1v) is 1.39. The van der Waals surface area contributed by atoms with Crippen LogP contribution in [0.5, 0.6) is 0 Å². The van der Waals surface area contributed by atoms with E-state index in [0.29, 0.717) is 0 Å². The van der Waals surface area contributed by atoms with Crippen LogP contribution in [-0.4, -0.2) is 5.26 Å². The highest BCUT2D eigenvalue weighted by molar-refractivity contribution is 3.97. The van der Waals surface area contributed by atoms with E-state index in [-0.39, 0.29) is 0 Å². The molecule has 0 fully saturated rings. The Morgan fingerprint density at radius 3 is 2.50 bits per heavy atom. The molecule has 0 aliphatic heterocycles. The molecule has 0 aromatic heterocycles. The molecule has 0 aromatic rings. The molecule has 0 bridgehead atoms. The van der Waals surface area contributed by atoms with Gasteiger partial charge in [-0.2, -0.15) is 10.8 Å². The van der Waals surface area contributed by atoms with Gasteiger partial charge < -0.3 is 0 Å². The lowest BCUT2D eigenvalue weighted by atomic mass is 12.5. The predicted molar refractivity (Wildman–Crippen MR) is 18.6 cm³/mol. The molecule has 0 spiro atoms. The van der Waals surface area contributed by atoms with Crippen LogP contribution in [0.1, 0.15) is 0 Å². The summed E-state index contributed by atoms with van der Waals surface area (Å²) in [4.78, 5) is 3.09. The third-order valence-electron chi connectivity index (χ3n) is 0.198. The summed E-state index contributed by atoms with van der Waals surface area (Å²) in [6.07, 6.45) is 0. The molecule has 2 N–H and O–H groups in total. The van der Waals surface area contributed by atoms with Gasteiger partial charge in [0.25, 0.3) is 0 Å². The van der Waals surface area contributed by atoms with Gasteiger partial charge in [-0.3, -0.25) is 0 Å². The zero-order chi connectivity index (χ0) is 6.24. The van der Waals surface area contributed by atoms with E-state index in [4.69, 9.17) is 10.8 Å². The van der Waals surface area contributed by atoms with Crippen LogP contribution in [0.25, 0.3) is 0 Å². The van der Waals surface area contributed by atoms with Gasteiger partial charge in [-0.15, -0.1) is 0 Å². The summed E-state index contributed by atoms with van der Waals surface area (Å²) in [5.41, 5.74) is 6.00. The fraction of sp³-hybridized carbons (Fsp3) is 0. The molecule has 8 heavy (non-hydrogen) atoms. The van der Waals surface area contributed by atoms with E-state index in [0.717, 1.165) is 0 Å². The highest BCUT2D eigenvalue weighted by Crippen LogP contribution is 1.78. The summed E-state index contributed by atoms with van der Waals surface area (Å²) in [5, 5.41) is 20.4. The van der Waals surface area contributed by atoms with Crippen LogP contribution in [0.3, 0.4) is 0 Å². The van der Waals surface area contributed by atoms with Crippen LogP contribution in [0, 0.1) is 5.53 Å². The van der Waals surface area contributed by atoms with Crippen molar-refractivity contribution < 1.29 is 10.2 Å². The fourth-order valence-electron chi connectivity index (χ4n) is 0.0705. The van der Waals surface area contributed by atoms with Crippen LogP contribution >= 0.6 is 0 Å². The largest absolute Gasteiger partial charge is 0.201 e. The molecule has 0 unspecified atom stereocenters. The molecular formula is H2N6O2. The van der Waals surface area contributed by atoms with Crippen LogP contribution in [0.2, 0.25) is 0 Å². The molecule has 0 aliphatic carbocycles. The van der Waals surface area contributed by atoms with Gasteiger partial charge >= 0.3 is 0 Å². The van der Waals surface area contributed by atoms with E-state index in [1.807, 2.05) is 0 Å². The first-order chi connectivity index (χ1) is 3.91. The van der Waals surface area contributed by atoms with Crippen LogP contribution < -0.4 is 0 Å². The zero-order valence-corrected chi connectivity index (χ0v) is 3.59. The summed E-state index contributed by atoms with van der Waals surface area (Å²) < 4.78 is 0. The van der Waals surface area contributed by atoms with Crippen molar-refractivity contribution in [2.75, 3.05) is 0 Å². The summed E-state index contributed by atoms with van der Waals surface area (Å²) in [5.74, 6) is 0. The predicted octanol–water partition coefficient (Wildman–Crippen LogP) is 1.16. The van der Waals surface area contributed by atoms with E-state index >= 15 is 0 Å². The molecule has 0 amide bonds. The molecule has 0 atom stereocenters. The Morgan fingerprint density at radius 2 is 2.00 bits per heavy atom. The quantitative estimate of drug-likeness (QED) is 0.328. The maximum atomic E-state index is 7.43. The number of nitrogens with one attached hydrogen (secondary N) is 1. The zero-order valence-electron chi connectivity index (χ0n) is 3.59. The molecule has 0 saturated carbocycles. The average Bonchev–Trinajstić information content (AvgIpc) is 1.81. The summed E-state index contributed by atoms with van der Waals surface area (Å²) in [6, 6.07) is 0. The van der Waals surface area contributed by atoms with Gasteiger partial charge in [-0.1, -0.05) is 0 Å². The minimum atomic E-state index is 2.42. The average molecular weight is 118 g/mol. The van der Waals surface area contributed by atoms with Crippen molar-refractivity contribution in [3.05, 3.63) is 0 Å². The number of nitrogens with zero attached hydrogens (tertiary/aromatic N) is 5. The molecule has 8 heteroatoms. The van der Waals surface area contributed by atoms with Crippen molar-refractivity contribution in [2.24, 2.45) is 26.2 Å². The Bertz CT molecular complexity index is 103. The van der Waals surface area contributed by atoms with Gasteiger partial charge in [0, 0.05) is 10.4 Å². The maximum absolute atomic E-state index is 7.43. The van der Waals surface area contributed by atoms with E-state index in [1.54, 1.807) is 0 Å². The first-order valence-electron chi connectivity index (χ1n) is 1.39. The molecule has 0 aliphatic rings. The summed E-state index contributed by atoms with van der Waals surface area (Å²) >= 11 is 0. The minimum Gasteiger partial charge on any atom is -0.201 e. The molecule has 0 radical (unpaired) electrons. The molecule has 44 valence electrons. The second kappa shape index (κ2) is 5.56. The third-order valence-corrected chi connectivity index (χ3v) is 0.198. The Labute approximate surface area is 43.2 Å². The van der Waals surface area contributed by atoms with Crippen LogP contribution in [-0.2, 0) is 4.99 Å². The van der Waals surface area contributed by atoms with E-state index < -0.39 is 0 Å². The highest BCUT2D eigenvalue weighted by Gasteiger charge is 1.63. The number of rotatable bonds is 3. The standard InChI is InChI=1S/H2N6O2/c1-2-3-4-5-6-8-7/h1,7H/b2-1?,4-3+,6-5+. The van der Waals surface area contributed by atoms with Gasteiger partial charge in [0.05, 0.1) is 5.28 Å². The lowest BCUT2D eigenvalue weighted by molar-refractivity contribution is -0.251. The topological polar surface area (TPSA) is 115 Å². The van der Waals surface area contributed by atoms with Gasteiger partial charge in [0.1, 0.15) is 0 Å². The molecule has 0 saturated heterocycles. The lowest BCUT2D eigenvalue weighted by Crippen LogP contribution is -1.60. The normalized spacial score (nSPS) is 10.6. The monoisotopic (exact) mass is 118 g/mol. The SMILES string of the molecule is N=N/N=N/N=N/OO. The van der Waals surface area contributed by atoms with Crippen molar-refractivity contribution in [3.8, 4) is 0 Å². The highest BCUT2D eigenvalue weighted by atomic mass is 17.2. The third kappa shape index (κ3) is 4.56. The van der Waals surface area contributed by atoms with Crippen molar-refractivity contribution in [1.29, 1.82) is 5.53 Å². The van der Waals surface area contributed by atoms with Crippen molar-refractivity contribution in [1.82, 2.24) is 0 Å². The Kier molecular flexibility index (Phi) is 4.56. The Balaban J connectivity index is 3.26. The minimum absolute atomic E-state index is 2.42. The fourth-order valence-corrected chi connectivity index (χ4v) is 0.0705. The van der Waals surface area contributed by atoms with Gasteiger partial charge in [-0.05, 0) is 10.4 Å². The Hall–Kier alpha value is -1.44. The van der Waals surface area contributed by atoms with E-state index in [2.05, 4.69) is 31.2 Å². The molecule has 0 heterocycles. The molecular weight excluding hydrogens is 116 g/mol. The first kappa shape index (κ1) is 6.56. The lowest BCUT2D eigenvalue weighted by Gasteiger charge is -1.69. The second-order valence-corrected chi connectivity index (χ2v) is 0.532.